The van der Waals surface area contributed by atoms with Crippen LogP contribution in [0.3, 0.4) is 0 Å². The molecule has 0 atom stereocenters. The van der Waals surface area contributed by atoms with Gasteiger partial charge in [-0.25, -0.2) is 0 Å². The highest BCUT2D eigenvalue weighted by molar-refractivity contribution is 7.16. The molecule has 0 saturated carbocycles. The van der Waals surface area contributed by atoms with Gasteiger partial charge in [0.05, 0.1) is 6.42 Å². The lowest BCUT2D eigenvalue weighted by atomic mass is 10.3. The van der Waals surface area contributed by atoms with Gasteiger partial charge in [0.25, 0.3) is 5.56 Å². The lowest BCUT2D eigenvalue weighted by molar-refractivity contribution is -0.136. The number of thiophene rings is 1. The summed E-state index contributed by atoms with van der Waals surface area (Å²) in [7, 11) is 0. The molecular weight excluding hydrogens is 312 g/mol. The Kier molecular flexibility index (Phi) is 3.76. The smallest absolute Gasteiger partial charge is 0.303 e. The molecule has 1 N–H and O–H groups in total. The van der Waals surface area contributed by atoms with Crippen molar-refractivity contribution in [2.75, 3.05) is 0 Å². The Labute approximate surface area is 126 Å². The Morgan fingerprint density at radius 3 is 2.95 bits per heavy atom. The maximum atomic E-state index is 12.3. The van der Waals surface area contributed by atoms with Gasteiger partial charge in [-0.05, 0) is 11.4 Å². The van der Waals surface area contributed by atoms with Crippen molar-refractivity contribution in [3.63, 3.8) is 0 Å². The average molecular weight is 322 g/mol. The topological polar surface area (TPSA) is 97.4 Å². The normalized spacial score (nSPS) is 11.0. The molecule has 0 saturated heterocycles. The minimum Gasteiger partial charge on any atom is -0.481 e. The van der Waals surface area contributed by atoms with Gasteiger partial charge in [-0.3, -0.25) is 9.59 Å². The lowest BCUT2D eigenvalue weighted by Crippen LogP contribution is -2.22. The Hall–Kier alpha value is -2.13. The van der Waals surface area contributed by atoms with Crippen molar-refractivity contribution in [2.45, 2.75) is 19.3 Å². The summed E-state index contributed by atoms with van der Waals surface area (Å²) in [6.45, 7) is 0. The number of hydrogen-bond acceptors (Lipinski definition) is 7. The van der Waals surface area contributed by atoms with E-state index in [-0.39, 0.29) is 18.4 Å². The standard InChI is InChI=1S/C12H10N4O3S2/c17-10(18)4-3-9-15-16-11(19)8(13-14-12(16)21-9)6-7-2-1-5-20-7/h1-2,5H,3-4,6H2,(H,17,18). The second-order valence-electron chi connectivity index (χ2n) is 4.29. The van der Waals surface area contributed by atoms with Gasteiger partial charge < -0.3 is 5.11 Å². The highest BCUT2D eigenvalue weighted by atomic mass is 32.1. The third-order valence-corrected chi connectivity index (χ3v) is 4.61. The zero-order valence-corrected chi connectivity index (χ0v) is 12.4. The van der Waals surface area contributed by atoms with Crippen molar-refractivity contribution in [1.29, 1.82) is 0 Å². The average Bonchev–Trinajstić information content (AvgIpc) is 3.09. The van der Waals surface area contributed by atoms with Crippen molar-refractivity contribution in [3.05, 3.63) is 43.4 Å². The molecule has 0 aliphatic rings. The van der Waals surface area contributed by atoms with Crippen LogP contribution in [0.4, 0.5) is 0 Å². The molecule has 3 rings (SSSR count). The van der Waals surface area contributed by atoms with Gasteiger partial charge in [0.1, 0.15) is 10.7 Å². The molecule has 0 bridgehead atoms. The first-order valence-corrected chi connectivity index (χ1v) is 7.81. The second kappa shape index (κ2) is 5.70. The molecule has 0 unspecified atom stereocenters. The predicted octanol–water partition coefficient (Wildman–Crippen LogP) is 1.22. The first kappa shape index (κ1) is 13.8. The maximum absolute atomic E-state index is 12.3. The molecule has 7 nitrogen and oxygen atoms in total. The fourth-order valence-electron chi connectivity index (χ4n) is 1.79. The third-order valence-electron chi connectivity index (χ3n) is 2.77. The zero-order valence-electron chi connectivity index (χ0n) is 10.7. The Morgan fingerprint density at radius 2 is 2.24 bits per heavy atom. The van der Waals surface area contributed by atoms with Gasteiger partial charge in [0, 0.05) is 17.7 Å². The summed E-state index contributed by atoms with van der Waals surface area (Å²) >= 11 is 2.74. The number of hydrogen-bond donors (Lipinski definition) is 1. The van der Waals surface area contributed by atoms with Crippen LogP contribution in [-0.2, 0) is 17.6 Å². The second-order valence-corrected chi connectivity index (χ2v) is 6.36. The first-order valence-electron chi connectivity index (χ1n) is 6.12. The molecule has 0 spiro atoms. The molecule has 0 amide bonds. The summed E-state index contributed by atoms with van der Waals surface area (Å²) in [5, 5.41) is 23.3. The van der Waals surface area contributed by atoms with Crippen molar-refractivity contribution in [3.8, 4) is 0 Å². The number of nitrogens with zero attached hydrogens (tertiary/aromatic N) is 4. The van der Waals surface area contributed by atoms with Crippen LogP contribution in [0.25, 0.3) is 4.96 Å². The van der Waals surface area contributed by atoms with Crippen LogP contribution >= 0.6 is 22.7 Å². The van der Waals surface area contributed by atoms with Gasteiger partial charge >= 0.3 is 5.97 Å². The van der Waals surface area contributed by atoms with Gasteiger partial charge in [0.2, 0.25) is 4.96 Å². The largest absolute Gasteiger partial charge is 0.481 e. The number of aromatic nitrogens is 4. The Morgan fingerprint density at radius 1 is 1.38 bits per heavy atom. The number of rotatable bonds is 5. The summed E-state index contributed by atoms with van der Waals surface area (Å²) in [5.41, 5.74) is 0.0382. The summed E-state index contributed by atoms with van der Waals surface area (Å²) in [6.07, 6.45) is 0.682. The van der Waals surface area contributed by atoms with E-state index in [9.17, 15) is 9.59 Å². The molecule has 0 aliphatic heterocycles. The van der Waals surface area contributed by atoms with Crippen LogP contribution in [0.15, 0.2) is 22.3 Å². The summed E-state index contributed by atoms with van der Waals surface area (Å²) in [5.74, 6) is -0.897. The summed E-state index contributed by atoms with van der Waals surface area (Å²) in [4.78, 5) is 24.3. The van der Waals surface area contributed by atoms with Crippen LogP contribution < -0.4 is 5.56 Å². The molecule has 9 heteroatoms. The van der Waals surface area contributed by atoms with Gasteiger partial charge in [-0.2, -0.15) is 9.61 Å². The van der Waals surface area contributed by atoms with Crippen molar-refractivity contribution < 1.29 is 9.90 Å². The van der Waals surface area contributed by atoms with E-state index in [4.69, 9.17) is 5.11 Å². The summed E-state index contributed by atoms with van der Waals surface area (Å²) < 4.78 is 1.21. The highest BCUT2D eigenvalue weighted by Gasteiger charge is 2.13. The summed E-state index contributed by atoms with van der Waals surface area (Å²) in [6, 6.07) is 3.84. The van der Waals surface area contributed by atoms with Crippen LogP contribution in [-0.4, -0.2) is 30.9 Å². The fraction of sp³-hybridized carbons (Fsp3) is 0.250. The van der Waals surface area contributed by atoms with E-state index in [1.54, 1.807) is 11.3 Å². The van der Waals surface area contributed by atoms with E-state index in [1.165, 1.54) is 15.9 Å². The monoisotopic (exact) mass is 322 g/mol. The molecule has 108 valence electrons. The molecule has 21 heavy (non-hydrogen) atoms. The number of aliphatic carboxylic acids is 1. The van der Waals surface area contributed by atoms with Crippen LogP contribution in [0.1, 0.15) is 22.0 Å². The van der Waals surface area contributed by atoms with Gasteiger partial charge in [0.15, 0.2) is 0 Å². The lowest BCUT2D eigenvalue weighted by Gasteiger charge is -1.96. The maximum Gasteiger partial charge on any atom is 0.303 e. The number of carboxylic acids is 1. The van der Waals surface area contributed by atoms with E-state index in [0.717, 1.165) is 4.88 Å². The molecular formula is C12H10N4O3S2. The van der Waals surface area contributed by atoms with Crippen LogP contribution in [0.5, 0.6) is 0 Å². The number of fused-ring (bicyclic) bond motifs is 1. The fourth-order valence-corrected chi connectivity index (χ4v) is 3.33. The van der Waals surface area contributed by atoms with Crippen molar-refractivity contribution >= 4 is 33.6 Å². The minimum atomic E-state index is -0.897. The van der Waals surface area contributed by atoms with Crippen LogP contribution in [0, 0.1) is 0 Å². The molecule has 3 aromatic heterocycles. The van der Waals surface area contributed by atoms with Crippen LogP contribution in [0.2, 0.25) is 0 Å². The molecule has 3 heterocycles. The molecule has 0 aliphatic carbocycles. The van der Waals surface area contributed by atoms with E-state index in [2.05, 4.69) is 15.3 Å². The molecule has 0 radical (unpaired) electrons. The van der Waals surface area contributed by atoms with Gasteiger partial charge in [-0.15, -0.1) is 21.5 Å². The van der Waals surface area contributed by atoms with Crippen molar-refractivity contribution in [1.82, 2.24) is 19.8 Å². The van der Waals surface area contributed by atoms with Gasteiger partial charge in [-0.1, -0.05) is 17.4 Å². The molecule has 0 fully saturated rings. The number of carbonyl (C=O) groups is 1. The van der Waals surface area contributed by atoms with E-state index in [1.807, 2.05) is 17.5 Å². The Bertz CT molecular complexity index is 838. The number of carboxylic acid groups (broad SMARTS) is 1. The van der Waals surface area contributed by atoms with Crippen molar-refractivity contribution in [2.24, 2.45) is 0 Å². The Balaban J connectivity index is 1.92. The predicted molar refractivity (Wildman–Crippen MR) is 78.0 cm³/mol. The van der Waals surface area contributed by atoms with E-state index in [0.29, 0.717) is 22.1 Å². The number of aryl methyl sites for hydroxylation is 1. The SMILES string of the molecule is O=C(O)CCc1nn2c(=O)c(Cc3cccs3)nnc2s1. The minimum absolute atomic E-state index is 0.0238. The van der Waals surface area contributed by atoms with E-state index < -0.39 is 5.97 Å². The first-order chi connectivity index (χ1) is 10.1. The third kappa shape index (κ3) is 2.98. The molecule has 3 aromatic rings. The van der Waals surface area contributed by atoms with E-state index >= 15 is 0 Å². The quantitative estimate of drug-likeness (QED) is 0.758. The zero-order chi connectivity index (χ0) is 14.8. The highest BCUT2D eigenvalue weighted by Crippen LogP contribution is 2.14. The molecule has 0 aromatic carbocycles.